The number of carbonyl (C=O) groups is 2. The Bertz CT molecular complexity index is 482. The summed E-state index contributed by atoms with van der Waals surface area (Å²) in [5.41, 5.74) is 0.780. The maximum Gasteiger partial charge on any atom is 0.326 e. The maximum atomic E-state index is 12.7. The zero-order chi connectivity index (χ0) is 15.0. The number of amides is 1. The highest BCUT2D eigenvalue weighted by atomic mass is 19.1. The Morgan fingerprint density at radius 2 is 2.00 bits per heavy atom. The minimum Gasteiger partial charge on any atom is -0.480 e. The summed E-state index contributed by atoms with van der Waals surface area (Å²) in [6.45, 7) is 1.86. The number of carbonyl (C=O) groups excluding carboxylic acids is 1. The lowest BCUT2D eigenvalue weighted by Gasteiger charge is -2.12. The van der Waals surface area contributed by atoms with Crippen LogP contribution in [0.3, 0.4) is 0 Å². The van der Waals surface area contributed by atoms with E-state index in [1.807, 2.05) is 6.92 Å². The molecule has 0 saturated heterocycles. The van der Waals surface area contributed by atoms with Crippen molar-refractivity contribution in [3.05, 3.63) is 41.7 Å². The second kappa shape index (κ2) is 8.09. The summed E-state index contributed by atoms with van der Waals surface area (Å²) in [4.78, 5) is 22.5. The summed E-state index contributed by atoms with van der Waals surface area (Å²) in [5, 5.41) is 11.4. The van der Waals surface area contributed by atoms with Gasteiger partial charge in [-0.2, -0.15) is 0 Å². The summed E-state index contributed by atoms with van der Waals surface area (Å²) < 4.78 is 12.7. The summed E-state index contributed by atoms with van der Waals surface area (Å²) >= 11 is 0. The first-order valence-electron chi connectivity index (χ1n) is 6.47. The fourth-order valence-corrected chi connectivity index (χ4v) is 1.68. The van der Waals surface area contributed by atoms with E-state index in [0.29, 0.717) is 12.8 Å². The third-order valence-electron chi connectivity index (χ3n) is 2.69. The van der Waals surface area contributed by atoms with Crippen molar-refractivity contribution < 1.29 is 19.1 Å². The van der Waals surface area contributed by atoms with Gasteiger partial charge < -0.3 is 10.4 Å². The summed E-state index contributed by atoms with van der Waals surface area (Å²) in [5.74, 6) is -1.68. The van der Waals surface area contributed by atoms with Crippen molar-refractivity contribution in [1.82, 2.24) is 5.32 Å². The first-order valence-corrected chi connectivity index (χ1v) is 6.47. The van der Waals surface area contributed by atoms with Crippen LogP contribution in [0.25, 0.3) is 6.08 Å². The molecule has 0 aliphatic heterocycles. The predicted octanol–water partition coefficient (Wildman–Crippen LogP) is 2.60. The summed E-state index contributed by atoms with van der Waals surface area (Å²) in [7, 11) is 0. The molecule has 1 unspecified atom stereocenters. The van der Waals surface area contributed by atoms with Gasteiger partial charge in [0.15, 0.2) is 0 Å². The van der Waals surface area contributed by atoms with Crippen LogP contribution in [0.1, 0.15) is 31.7 Å². The predicted molar refractivity (Wildman–Crippen MR) is 74.5 cm³/mol. The molecule has 1 atom stereocenters. The number of aliphatic carboxylic acids is 1. The van der Waals surface area contributed by atoms with Crippen molar-refractivity contribution in [2.24, 2.45) is 0 Å². The van der Waals surface area contributed by atoms with Crippen LogP contribution in [0.2, 0.25) is 0 Å². The number of carboxylic acids is 1. The number of nitrogens with one attached hydrogen (secondary N) is 1. The first-order chi connectivity index (χ1) is 9.52. The minimum absolute atomic E-state index is 0.0882. The molecule has 0 bridgehead atoms. The molecule has 1 aromatic carbocycles. The molecule has 0 spiro atoms. The first kappa shape index (κ1) is 15.9. The van der Waals surface area contributed by atoms with E-state index < -0.39 is 12.0 Å². The van der Waals surface area contributed by atoms with E-state index in [1.54, 1.807) is 24.3 Å². The van der Waals surface area contributed by atoms with Crippen LogP contribution in [-0.4, -0.2) is 23.0 Å². The van der Waals surface area contributed by atoms with Crippen molar-refractivity contribution in [3.8, 4) is 0 Å². The fraction of sp³-hybridized carbons (Fsp3) is 0.333. The average molecular weight is 279 g/mol. The van der Waals surface area contributed by atoms with Gasteiger partial charge in [0.25, 0.3) is 0 Å². The van der Waals surface area contributed by atoms with Gasteiger partial charge in [0.05, 0.1) is 0 Å². The molecular weight excluding hydrogens is 261 g/mol. The molecule has 4 nitrogen and oxygen atoms in total. The zero-order valence-corrected chi connectivity index (χ0v) is 11.3. The Hall–Kier alpha value is -2.17. The molecule has 20 heavy (non-hydrogen) atoms. The van der Waals surface area contributed by atoms with Crippen molar-refractivity contribution >= 4 is 18.0 Å². The van der Waals surface area contributed by atoms with Crippen LogP contribution < -0.4 is 5.32 Å². The molecular formula is C15H18FNO3. The lowest BCUT2D eigenvalue weighted by atomic mass is 10.1. The molecule has 0 aliphatic carbocycles. The molecule has 1 amide bonds. The molecule has 2 N–H and O–H groups in total. The fourth-order valence-electron chi connectivity index (χ4n) is 1.68. The van der Waals surface area contributed by atoms with E-state index in [-0.39, 0.29) is 18.1 Å². The van der Waals surface area contributed by atoms with Gasteiger partial charge in [0, 0.05) is 6.42 Å². The van der Waals surface area contributed by atoms with Crippen LogP contribution in [0, 0.1) is 5.82 Å². The maximum absolute atomic E-state index is 12.7. The number of halogens is 1. The normalized spacial score (nSPS) is 12.3. The van der Waals surface area contributed by atoms with Crippen LogP contribution in [0.5, 0.6) is 0 Å². The van der Waals surface area contributed by atoms with Crippen LogP contribution in [0.15, 0.2) is 30.3 Å². The molecule has 5 heteroatoms. The van der Waals surface area contributed by atoms with E-state index in [4.69, 9.17) is 5.11 Å². The summed E-state index contributed by atoms with van der Waals surface area (Å²) in [6.07, 6.45) is 4.48. The van der Waals surface area contributed by atoms with Gasteiger partial charge in [-0.25, -0.2) is 9.18 Å². The van der Waals surface area contributed by atoms with Crippen LogP contribution >= 0.6 is 0 Å². The minimum atomic E-state index is -1.03. The Balaban J connectivity index is 2.46. The quantitative estimate of drug-likeness (QED) is 0.806. The largest absolute Gasteiger partial charge is 0.480 e. The number of carboxylic acid groups (broad SMARTS) is 1. The number of hydrogen-bond acceptors (Lipinski definition) is 2. The molecule has 1 rings (SSSR count). The van der Waals surface area contributed by atoms with Crippen molar-refractivity contribution in [1.29, 1.82) is 0 Å². The highest BCUT2D eigenvalue weighted by Crippen LogP contribution is 2.05. The van der Waals surface area contributed by atoms with E-state index in [0.717, 1.165) is 5.56 Å². The van der Waals surface area contributed by atoms with E-state index in [2.05, 4.69) is 5.32 Å². The molecule has 0 heterocycles. The standard InChI is InChI=1S/C15H18FNO3/c1-2-4-13(15(19)20)17-14(18)6-3-5-11-7-9-12(16)10-8-11/h3,5,7-10,13H,2,4,6H2,1H3,(H,17,18)(H,19,20)/b5-3+. The molecule has 0 aromatic heterocycles. The monoisotopic (exact) mass is 279 g/mol. The molecule has 108 valence electrons. The van der Waals surface area contributed by atoms with Gasteiger partial charge in [-0.05, 0) is 24.1 Å². The molecule has 0 aliphatic rings. The molecule has 0 fully saturated rings. The third kappa shape index (κ3) is 5.65. The lowest BCUT2D eigenvalue weighted by Crippen LogP contribution is -2.40. The van der Waals surface area contributed by atoms with Crippen molar-refractivity contribution in [3.63, 3.8) is 0 Å². The molecule has 0 radical (unpaired) electrons. The topological polar surface area (TPSA) is 66.4 Å². The number of hydrogen-bond donors (Lipinski definition) is 2. The van der Waals surface area contributed by atoms with Gasteiger partial charge in [-0.3, -0.25) is 4.79 Å². The second-order valence-electron chi connectivity index (χ2n) is 4.41. The van der Waals surface area contributed by atoms with E-state index in [9.17, 15) is 14.0 Å². The number of benzene rings is 1. The SMILES string of the molecule is CCCC(NC(=O)C/C=C/c1ccc(F)cc1)C(=O)O. The van der Waals surface area contributed by atoms with Gasteiger partial charge in [0.1, 0.15) is 11.9 Å². The highest BCUT2D eigenvalue weighted by molar-refractivity contribution is 5.84. The smallest absolute Gasteiger partial charge is 0.326 e. The Morgan fingerprint density at radius 3 is 2.55 bits per heavy atom. The Labute approximate surface area is 117 Å². The van der Waals surface area contributed by atoms with Gasteiger partial charge >= 0.3 is 5.97 Å². The average Bonchev–Trinajstić information content (AvgIpc) is 2.40. The van der Waals surface area contributed by atoms with Crippen LogP contribution in [-0.2, 0) is 9.59 Å². The van der Waals surface area contributed by atoms with E-state index >= 15 is 0 Å². The molecule has 0 saturated carbocycles. The summed E-state index contributed by atoms with van der Waals surface area (Å²) in [6, 6.07) is 5.02. The third-order valence-corrected chi connectivity index (χ3v) is 2.69. The highest BCUT2D eigenvalue weighted by Gasteiger charge is 2.17. The Kier molecular flexibility index (Phi) is 6.43. The Morgan fingerprint density at radius 1 is 1.35 bits per heavy atom. The van der Waals surface area contributed by atoms with Gasteiger partial charge in [-0.15, -0.1) is 0 Å². The van der Waals surface area contributed by atoms with Crippen molar-refractivity contribution in [2.75, 3.05) is 0 Å². The van der Waals surface area contributed by atoms with Gasteiger partial charge in [-0.1, -0.05) is 37.6 Å². The van der Waals surface area contributed by atoms with Crippen LogP contribution in [0.4, 0.5) is 4.39 Å². The number of rotatable bonds is 7. The second-order valence-corrected chi connectivity index (χ2v) is 4.41. The van der Waals surface area contributed by atoms with Crippen molar-refractivity contribution in [2.45, 2.75) is 32.2 Å². The zero-order valence-electron chi connectivity index (χ0n) is 11.3. The van der Waals surface area contributed by atoms with Gasteiger partial charge in [0.2, 0.25) is 5.91 Å². The lowest BCUT2D eigenvalue weighted by molar-refractivity contribution is -0.141. The van der Waals surface area contributed by atoms with E-state index in [1.165, 1.54) is 12.1 Å². The molecule has 1 aromatic rings.